The molecule has 3 aliphatic heterocycles. The quantitative estimate of drug-likeness (QED) is 0.746. The van der Waals surface area contributed by atoms with Gasteiger partial charge < -0.3 is 14.5 Å². The third kappa shape index (κ3) is 2.87. The van der Waals surface area contributed by atoms with Crippen LogP contribution >= 0.6 is 0 Å². The minimum Gasteiger partial charge on any atom is -0.368 e. The van der Waals surface area contributed by atoms with E-state index in [4.69, 9.17) is 4.74 Å². The van der Waals surface area contributed by atoms with Crippen LogP contribution in [0.1, 0.15) is 32.6 Å². The van der Waals surface area contributed by atoms with Gasteiger partial charge in [-0.15, -0.1) is 0 Å². The molecular formula is C19H29N3O3. The molecule has 0 aromatic rings. The van der Waals surface area contributed by atoms with Gasteiger partial charge in [0.15, 0.2) is 0 Å². The van der Waals surface area contributed by atoms with Crippen LogP contribution in [0.3, 0.4) is 0 Å². The fraction of sp³-hybridized carbons (Fsp3) is 0.895. The first-order valence-electron chi connectivity index (χ1n) is 10.0. The van der Waals surface area contributed by atoms with Crippen molar-refractivity contribution in [1.82, 2.24) is 14.7 Å². The van der Waals surface area contributed by atoms with Gasteiger partial charge in [-0.05, 0) is 37.5 Å². The minimum absolute atomic E-state index is 0.111. The van der Waals surface area contributed by atoms with E-state index in [0.29, 0.717) is 31.5 Å². The Morgan fingerprint density at radius 1 is 1.08 bits per heavy atom. The van der Waals surface area contributed by atoms with Crippen molar-refractivity contribution >= 4 is 11.8 Å². The molecule has 25 heavy (non-hydrogen) atoms. The van der Waals surface area contributed by atoms with Gasteiger partial charge in [-0.25, -0.2) is 0 Å². The molecule has 5 aliphatic rings. The zero-order chi connectivity index (χ0) is 17.2. The van der Waals surface area contributed by atoms with Gasteiger partial charge in [-0.2, -0.15) is 0 Å². The number of carbonyl (C=O) groups is 2. The fourth-order valence-corrected chi connectivity index (χ4v) is 4.58. The van der Waals surface area contributed by atoms with E-state index in [1.807, 2.05) is 9.80 Å². The highest BCUT2D eigenvalue weighted by atomic mass is 16.5. The number of hydrogen-bond acceptors (Lipinski definition) is 4. The smallest absolute Gasteiger partial charge is 0.242 e. The summed E-state index contributed by atoms with van der Waals surface area (Å²) in [6, 6.07) is -0.111. The Kier molecular flexibility index (Phi) is 3.65. The summed E-state index contributed by atoms with van der Waals surface area (Å²) in [6.45, 7) is 7.68. The Hall–Kier alpha value is -1.14. The van der Waals surface area contributed by atoms with Gasteiger partial charge in [0, 0.05) is 32.1 Å². The van der Waals surface area contributed by atoms with Gasteiger partial charge in [0.25, 0.3) is 0 Å². The lowest BCUT2D eigenvalue weighted by Crippen LogP contribution is -2.74. The monoisotopic (exact) mass is 347 g/mol. The molecule has 5 rings (SSSR count). The largest absolute Gasteiger partial charge is 0.368 e. The number of carbonyl (C=O) groups excluding carboxylic acids is 2. The molecule has 3 heterocycles. The number of morpholine rings is 1. The molecular weight excluding hydrogens is 318 g/mol. The van der Waals surface area contributed by atoms with Gasteiger partial charge >= 0.3 is 0 Å². The van der Waals surface area contributed by atoms with Crippen LogP contribution in [-0.2, 0) is 14.3 Å². The first-order valence-corrected chi connectivity index (χ1v) is 10.0. The Morgan fingerprint density at radius 2 is 1.80 bits per heavy atom. The fourth-order valence-electron chi connectivity index (χ4n) is 4.58. The molecule has 0 aromatic heterocycles. The Balaban J connectivity index is 1.23. The van der Waals surface area contributed by atoms with E-state index in [9.17, 15) is 9.59 Å². The highest BCUT2D eigenvalue weighted by molar-refractivity contribution is 5.83. The first kappa shape index (κ1) is 16.1. The van der Waals surface area contributed by atoms with Crippen LogP contribution in [0.25, 0.3) is 0 Å². The summed E-state index contributed by atoms with van der Waals surface area (Å²) in [5, 5.41) is 0. The van der Waals surface area contributed by atoms with Crippen molar-refractivity contribution in [1.29, 1.82) is 0 Å². The molecule has 0 radical (unpaired) electrons. The highest BCUT2D eigenvalue weighted by Gasteiger charge is 2.55. The number of hydrogen-bond donors (Lipinski definition) is 0. The van der Waals surface area contributed by atoms with E-state index >= 15 is 0 Å². The second kappa shape index (κ2) is 5.68. The molecule has 5 fully saturated rings. The van der Waals surface area contributed by atoms with Crippen molar-refractivity contribution in [3.8, 4) is 0 Å². The van der Waals surface area contributed by atoms with E-state index in [1.54, 1.807) is 0 Å². The van der Waals surface area contributed by atoms with Crippen LogP contribution in [0.4, 0.5) is 0 Å². The zero-order valence-corrected chi connectivity index (χ0v) is 15.2. The third-order valence-electron chi connectivity index (χ3n) is 6.82. The maximum Gasteiger partial charge on any atom is 0.242 e. The van der Waals surface area contributed by atoms with Gasteiger partial charge in [0.05, 0.1) is 19.7 Å². The maximum absolute atomic E-state index is 12.8. The van der Waals surface area contributed by atoms with Crippen molar-refractivity contribution < 1.29 is 14.3 Å². The average molecular weight is 347 g/mol. The lowest BCUT2D eigenvalue weighted by atomic mass is 9.89. The molecule has 6 nitrogen and oxygen atoms in total. The van der Waals surface area contributed by atoms with Crippen LogP contribution in [0.15, 0.2) is 0 Å². The molecule has 0 N–H and O–H groups in total. The second-order valence-corrected chi connectivity index (χ2v) is 9.08. The van der Waals surface area contributed by atoms with Crippen molar-refractivity contribution in [2.75, 3.05) is 45.9 Å². The Bertz CT molecular complexity index is 580. The number of rotatable bonds is 4. The molecule has 2 amide bonds. The lowest BCUT2D eigenvalue weighted by Gasteiger charge is -2.56. The van der Waals surface area contributed by atoms with Gasteiger partial charge in [-0.3, -0.25) is 14.5 Å². The molecule has 0 aromatic carbocycles. The summed E-state index contributed by atoms with van der Waals surface area (Å²) in [7, 11) is 0. The van der Waals surface area contributed by atoms with Gasteiger partial charge in [0.2, 0.25) is 11.8 Å². The van der Waals surface area contributed by atoms with Crippen LogP contribution < -0.4 is 0 Å². The van der Waals surface area contributed by atoms with Gasteiger partial charge in [0.1, 0.15) is 11.6 Å². The van der Waals surface area contributed by atoms with Gasteiger partial charge in [-0.1, -0.05) is 6.92 Å². The SMILES string of the molecule is C[C@@H]1C[C@H]1C(=O)N1CC2(C1)CN(CC1CC1)[C@H](C(=O)N1CCC1)CO2. The maximum atomic E-state index is 12.8. The predicted molar refractivity (Wildman–Crippen MR) is 91.8 cm³/mol. The zero-order valence-electron chi connectivity index (χ0n) is 15.2. The summed E-state index contributed by atoms with van der Waals surface area (Å²) in [5.74, 6) is 2.13. The van der Waals surface area contributed by atoms with E-state index in [0.717, 1.165) is 44.9 Å². The Labute approximate surface area is 149 Å². The lowest BCUT2D eigenvalue weighted by molar-refractivity contribution is -0.208. The molecule has 1 spiro atoms. The molecule has 138 valence electrons. The van der Waals surface area contributed by atoms with E-state index in [1.165, 1.54) is 12.8 Å². The molecule has 0 bridgehead atoms. The molecule has 3 atom stereocenters. The highest BCUT2D eigenvalue weighted by Crippen LogP contribution is 2.42. The van der Waals surface area contributed by atoms with Crippen LogP contribution in [0.5, 0.6) is 0 Å². The summed E-state index contributed by atoms with van der Waals surface area (Å²) in [5.41, 5.74) is -0.228. The van der Waals surface area contributed by atoms with Crippen molar-refractivity contribution in [3.05, 3.63) is 0 Å². The van der Waals surface area contributed by atoms with Crippen LogP contribution in [0.2, 0.25) is 0 Å². The Morgan fingerprint density at radius 3 is 2.36 bits per heavy atom. The predicted octanol–water partition coefficient (Wildman–Crippen LogP) is 0.567. The number of amides is 2. The average Bonchev–Trinajstić information content (AvgIpc) is 3.40. The summed E-state index contributed by atoms with van der Waals surface area (Å²) in [4.78, 5) is 31.5. The number of likely N-dealkylation sites (tertiary alicyclic amines) is 2. The summed E-state index contributed by atoms with van der Waals surface area (Å²) >= 11 is 0. The molecule has 0 unspecified atom stereocenters. The second-order valence-electron chi connectivity index (χ2n) is 9.08. The normalized spacial score (nSPS) is 36.8. The summed E-state index contributed by atoms with van der Waals surface area (Å²) < 4.78 is 6.21. The summed E-state index contributed by atoms with van der Waals surface area (Å²) in [6.07, 6.45) is 4.75. The van der Waals surface area contributed by atoms with Crippen LogP contribution in [-0.4, -0.2) is 84.0 Å². The van der Waals surface area contributed by atoms with Crippen molar-refractivity contribution in [2.24, 2.45) is 17.8 Å². The van der Waals surface area contributed by atoms with Crippen LogP contribution in [0, 0.1) is 17.8 Å². The van der Waals surface area contributed by atoms with E-state index in [2.05, 4.69) is 11.8 Å². The first-order chi connectivity index (χ1) is 12.0. The molecule has 2 saturated carbocycles. The molecule has 2 aliphatic carbocycles. The standard InChI is InChI=1S/C19H29N3O3/c1-13-7-15(13)17(23)22-11-19(12-22)10-21(8-14-3-4-14)16(9-25-19)18(24)20-5-2-6-20/h13-16H,2-12H2,1H3/t13-,15-,16+/m1/s1. The van der Waals surface area contributed by atoms with Crippen molar-refractivity contribution in [2.45, 2.75) is 44.2 Å². The number of nitrogens with zero attached hydrogens (tertiary/aromatic N) is 3. The molecule has 6 heteroatoms. The topological polar surface area (TPSA) is 53.1 Å². The third-order valence-corrected chi connectivity index (χ3v) is 6.82. The van der Waals surface area contributed by atoms with E-state index in [-0.39, 0.29) is 23.5 Å². The van der Waals surface area contributed by atoms with E-state index < -0.39 is 0 Å². The van der Waals surface area contributed by atoms with Crippen molar-refractivity contribution in [3.63, 3.8) is 0 Å². The molecule has 3 saturated heterocycles. The minimum atomic E-state index is -0.228. The number of ether oxygens (including phenoxy) is 1.